The van der Waals surface area contributed by atoms with Gasteiger partial charge in [0.05, 0.1) is 20.3 Å². The first-order valence-electron chi connectivity index (χ1n) is 9.09. The minimum atomic E-state index is -0.0367. The Balaban J connectivity index is 0.00000280. The van der Waals surface area contributed by atoms with Gasteiger partial charge in [-0.3, -0.25) is 4.79 Å². The number of carbonyl (C=O) groups is 1. The standard InChI is InChI=1S/C21H25ClN2O3.ClH/c1-26-19-9-7-15(13-20(19)27-2)8-10-21(25)24-12-11-23-14-18(24)16-5-3-4-6-17(16)22;/h3-7,9,13,18,23H,8,10-12,14H2,1-2H3;1H. The van der Waals surface area contributed by atoms with Crippen molar-refractivity contribution in [1.29, 1.82) is 0 Å². The number of aryl methyl sites for hydroxylation is 1. The zero-order valence-electron chi connectivity index (χ0n) is 16.1. The highest BCUT2D eigenvalue weighted by Crippen LogP contribution is 2.30. The van der Waals surface area contributed by atoms with E-state index < -0.39 is 0 Å². The highest BCUT2D eigenvalue weighted by atomic mass is 35.5. The summed E-state index contributed by atoms with van der Waals surface area (Å²) >= 11 is 6.37. The molecule has 7 heteroatoms. The number of piperazine rings is 1. The van der Waals surface area contributed by atoms with E-state index in [1.54, 1.807) is 14.2 Å². The van der Waals surface area contributed by atoms with Crippen LogP contribution in [0.2, 0.25) is 5.02 Å². The van der Waals surface area contributed by atoms with Crippen molar-refractivity contribution in [1.82, 2.24) is 10.2 Å². The summed E-state index contributed by atoms with van der Waals surface area (Å²) in [5.41, 5.74) is 2.04. The summed E-state index contributed by atoms with van der Waals surface area (Å²) in [4.78, 5) is 14.9. The van der Waals surface area contributed by atoms with E-state index in [1.807, 2.05) is 47.4 Å². The van der Waals surface area contributed by atoms with E-state index in [0.717, 1.165) is 17.7 Å². The minimum Gasteiger partial charge on any atom is -0.493 e. The Bertz CT molecular complexity index is 801. The Morgan fingerprint density at radius 1 is 1.18 bits per heavy atom. The van der Waals surface area contributed by atoms with E-state index in [1.165, 1.54) is 0 Å². The van der Waals surface area contributed by atoms with Crippen molar-refractivity contribution in [3.8, 4) is 11.5 Å². The van der Waals surface area contributed by atoms with Crippen molar-refractivity contribution < 1.29 is 14.3 Å². The van der Waals surface area contributed by atoms with E-state index in [0.29, 0.717) is 42.5 Å². The van der Waals surface area contributed by atoms with E-state index in [2.05, 4.69) is 5.32 Å². The van der Waals surface area contributed by atoms with Crippen LogP contribution in [0.25, 0.3) is 0 Å². The van der Waals surface area contributed by atoms with E-state index >= 15 is 0 Å². The molecule has 1 amide bonds. The Labute approximate surface area is 177 Å². The largest absolute Gasteiger partial charge is 0.493 e. The number of carbonyl (C=O) groups excluding carboxylic acids is 1. The topological polar surface area (TPSA) is 50.8 Å². The van der Waals surface area contributed by atoms with Crippen LogP contribution in [0.4, 0.5) is 0 Å². The molecular formula is C21H26Cl2N2O3. The second-order valence-electron chi connectivity index (χ2n) is 6.52. The van der Waals surface area contributed by atoms with Crippen molar-refractivity contribution in [3.05, 3.63) is 58.6 Å². The molecule has 3 rings (SSSR count). The molecule has 1 unspecified atom stereocenters. The third-order valence-electron chi connectivity index (χ3n) is 4.90. The number of ether oxygens (including phenoxy) is 2. The molecule has 1 N–H and O–H groups in total. The van der Waals surface area contributed by atoms with Gasteiger partial charge in [0.1, 0.15) is 0 Å². The third-order valence-corrected chi connectivity index (χ3v) is 5.25. The molecule has 152 valence electrons. The fourth-order valence-corrected chi connectivity index (χ4v) is 3.72. The molecule has 0 aliphatic carbocycles. The van der Waals surface area contributed by atoms with Crippen LogP contribution in [0, 0.1) is 0 Å². The Morgan fingerprint density at radius 2 is 1.93 bits per heavy atom. The molecule has 1 aliphatic rings. The van der Waals surface area contributed by atoms with Gasteiger partial charge in [0, 0.05) is 31.1 Å². The highest BCUT2D eigenvalue weighted by molar-refractivity contribution is 6.31. The number of benzene rings is 2. The van der Waals surface area contributed by atoms with Crippen LogP contribution in [-0.2, 0) is 11.2 Å². The minimum absolute atomic E-state index is 0. The molecule has 1 aliphatic heterocycles. The summed E-state index contributed by atoms with van der Waals surface area (Å²) in [6.07, 6.45) is 1.09. The monoisotopic (exact) mass is 424 g/mol. The molecule has 0 bridgehead atoms. The van der Waals surface area contributed by atoms with Gasteiger partial charge in [-0.25, -0.2) is 0 Å². The van der Waals surface area contributed by atoms with Gasteiger partial charge in [-0.15, -0.1) is 12.4 Å². The summed E-state index contributed by atoms with van der Waals surface area (Å²) in [5.74, 6) is 1.50. The van der Waals surface area contributed by atoms with Gasteiger partial charge in [-0.1, -0.05) is 35.9 Å². The van der Waals surface area contributed by atoms with Crippen LogP contribution in [0.3, 0.4) is 0 Å². The van der Waals surface area contributed by atoms with Gasteiger partial charge in [-0.05, 0) is 35.7 Å². The third kappa shape index (κ3) is 5.10. The lowest BCUT2D eigenvalue weighted by Crippen LogP contribution is -2.48. The number of rotatable bonds is 6. The summed E-state index contributed by atoms with van der Waals surface area (Å²) in [7, 11) is 3.22. The molecular weight excluding hydrogens is 399 g/mol. The van der Waals surface area contributed by atoms with Crippen molar-refractivity contribution >= 4 is 29.9 Å². The lowest BCUT2D eigenvalue weighted by molar-refractivity contribution is -0.134. The van der Waals surface area contributed by atoms with Gasteiger partial charge < -0.3 is 19.7 Å². The first kappa shape index (κ1) is 22.3. The van der Waals surface area contributed by atoms with Gasteiger partial charge in [0.2, 0.25) is 5.91 Å². The van der Waals surface area contributed by atoms with E-state index in [-0.39, 0.29) is 24.4 Å². The lowest BCUT2D eigenvalue weighted by atomic mass is 10.0. The van der Waals surface area contributed by atoms with Crippen molar-refractivity contribution in [2.75, 3.05) is 33.9 Å². The van der Waals surface area contributed by atoms with Crippen LogP contribution in [-0.4, -0.2) is 44.7 Å². The van der Waals surface area contributed by atoms with E-state index in [9.17, 15) is 4.79 Å². The summed E-state index contributed by atoms with van der Waals surface area (Å²) in [6, 6.07) is 13.5. The van der Waals surface area contributed by atoms with Crippen molar-refractivity contribution in [2.45, 2.75) is 18.9 Å². The second-order valence-corrected chi connectivity index (χ2v) is 6.93. The average molecular weight is 425 g/mol. The molecule has 0 aromatic heterocycles. The first-order valence-corrected chi connectivity index (χ1v) is 9.47. The molecule has 5 nitrogen and oxygen atoms in total. The molecule has 2 aromatic carbocycles. The zero-order chi connectivity index (χ0) is 19.2. The molecule has 0 spiro atoms. The first-order chi connectivity index (χ1) is 13.1. The summed E-state index contributed by atoms with van der Waals surface area (Å²) < 4.78 is 10.6. The fraction of sp³-hybridized carbons (Fsp3) is 0.381. The van der Waals surface area contributed by atoms with Crippen LogP contribution in [0.1, 0.15) is 23.6 Å². The van der Waals surface area contributed by atoms with Crippen molar-refractivity contribution in [2.24, 2.45) is 0 Å². The number of nitrogens with one attached hydrogen (secondary N) is 1. The van der Waals surface area contributed by atoms with Crippen LogP contribution in [0.5, 0.6) is 11.5 Å². The number of nitrogens with zero attached hydrogens (tertiary/aromatic N) is 1. The number of hydrogen-bond donors (Lipinski definition) is 1. The molecule has 0 radical (unpaired) electrons. The molecule has 1 heterocycles. The van der Waals surface area contributed by atoms with Crippen molar-refractivity contribution in [3.63, 3.8) is 0 Å². The van der Waals surface area contributed by atoms with Crippen LogP contribution >= 0.6 is 24.0 Å². The quantitative estimate of drug-likeness (QED) is 0.763. The molecule has 0 saturated carbocycles. The Hall–Kier alpha value is -1.95. The molecule has 1 atom stereocenters. The predicted molar refractivity (Wildman–Crippen MR) is 114 cm³/mol. The normalized spacial score (nSPS) is 16.2. The maximum Gasteiger partial charge on any atom is 0.223 e. The molecule has 1 fully saturated rings. The van der Waals surface area contributed by atoms with Gasteiger partial charge in [0.15, 0.2) is 11.5 Å². The maximum atomic E-state index is 12.9. The van der Waals surface area contributed by atoms with Crippen LogP contribution < -0.4 is 14.8 Å². The predicted octanol–water partition coefficient (Wildman–Crippen LogP) is 3.88. The van der Waals surface area contributed by atoms with Crippen LogP contribution in [0.15, 0.2) is 42.5 Å². The number of hydrogen-bond acceptors (Lipinski definition) is 4. The Morgan fingerprint density at radius 3 is 2.64 bits per heavy atom. The highest BCUT2D eigenvalue weighted by Gasteiger charge is 2.28. The number of methoxy groups -OCH3 is 2. The zero-order valence-corrected chi connectivity index (χ0v) is 17.7. The lowest BCUT2D eigenvalue weighted by Gasteiger charge is -2.37. The number of amides is 1. The van der Waals surface area contributed by atoms with E-state index in [4.69, 9.17) is 21.1 Å². The van der Waals surface area contributed by atoms with Gasteiger partial charge in [-0.2, -0.15) is 0 Å². The molecule has 2 aromatic rings. The smallest absolute Gasteiger partial charge is 0.223 e. The molecule has 1 saturated heterocycles. The van der Waals surface area contributed by atoms with Gasteiger partial charge in [0.25, 0.3) is 0 Å². The summed E-state index contributed by atoms with van der Waals surface area (Å²) in [5, 5.41) is 4.06. The second kappa shape index (κ2) is 10.6. The molecule has 28 heavy (non-hydrogen) atoms. The number of halogens is 2. The fourth-order valence-electron chi connectivity index (χ4n) is 3.46. The Kier molecular flexibility index (Phi) is 8.42. The summed E-state index contributed by atoms with van der Waals surface area (Å²) in [6.45, 7) is 2.19. The van der Waals surface area contributed by atoms with Gasteiger partial charge >= 0.3 is 0 Å². The average Bonchev–Trinajstić information content (AvgIpc) is 2.72. The SMILES string of the molecule is COc1ccc(CCC(=O)N2CCNCC2c2ccccc2Cl)cc1OC.Cl. The maximum absolute atomic E-state index is 12.9.